The van der Waals surface area contributed by atoms with Gasteiger partial charge in [-0.2, -0.15) is 0 Å². The van der Waals surface area contributed by atoms with Crippen LogP contribution in [-0.4, -0.2) is 0 Å². The molecule has 3 nitrogen and oxygen atoms in total. The van der Waals surface area contributed by atoms with Gasteiger partial charge in [0, 0.05) is 0 Å². The number of rotatable bonds is 0. The van der Waals surface area contributed by atoms with Gasteiger partial charge >= 0.3 is 32.8 Å². The van der Waals surface area contributed by atoms with Crippen molar-refractivity contribution < 1.29 is 18.5 Å². The third-order valence-corrected chi connectivity index (χ3v) is 0.187. The Labute approximate surface area is 33.6 Å². The van der Waals surface area contributed by atoms with Gasteiger partial charge in [-0.25, -0.2) is 0 Å². The van der Waals surface area contributed by atoms with Crippen LogP contribution in [0.4, 0.5) is 0 Å². The Morgan fingerprint density at radius 2 is 2.25 bits per heavy atom. The summed E-state index contributed by atoms with van der Waals surface area (Å²) in [5.41, 5.74) is 7.32. The fourth-order valence-corrected chi connectivity index (χ4v) is 0. The Hall–Kier alpha value is -0.0666. The molecule has 4 heavy (non-hydrogen) atoms. The van der Waals surface area contributed by atoms with Crippen LogP contribution in [0.1, 0.15) is 0 Å². The normalized spacial score (nSPS) is 4.25. The summed E-state index contributed by atoms with van der Waals surface area (Å²) < 4.78 is 2.85. The molecule has 0 atom stereocenters. The van der Waals surface area contributed by atoms with E-state index >= 15 is 0 Å². The van der Waals surface area contributed by atoms with E-state index in [2.05, 4.69) is 8.77 Å². The average molecular weight is 143 g/mol. The van der Waals surface area contributed by atoms with Crippen molar-refractivity contribution in [3.8, 4) is 0 Å². The molecule has 0 unspecified atom stereocenters. The summed E-state index contributed by atoms with van der Waals surface area (Å²) >= 11 is 1.79. The van der Waals surface area contributed by atoms with Gasteiger partial charge < -0.3 is 0 Å². The maximum atomic E-state index is 7.32. The van der Waals surface area contributed by atoms with E-state index in [1.807, 2.05) is 0 Å². The maximum absolute atomic E-state index is 7.32. The van der Waals surface area contributed by atoms with E-state index in [4.69, 9.17) is 5.53 Å². The number of nitrogens with zero attached hydrogens (tertiary/aromatic N) is 3. The monoisotopic (exact) mass is 144 g/mol. The van der Waals surface area contributed by atoms with E-state index in [1.54, 1.807) is 18.5 Å². The summed E-state index contributed by atoms with van der Waals surface area (Å²) in [6.07, 6.45) is 0. The molecule has 0 N–H and O–H groups in total. The second kappa shape index (κ2) is 2.93. The Morgan fingerprint density at radius 3 is 2.25 bits per heavy atom. The van der Waals surface area contributed by atoms with Gasteiger partial charge in [0.05, 0.1) is 0 Å². The SMILES string of the molecule is [N-]=[N+]=[N][Ru]. The molecule has 0 saturated carbocycles. The molecule has 23 valence electrons. The van der Waals surface area contributed by atoms with E-state index in [0.717, 1.165) is 0 Å². The average Bonchev–Trinajstić information content (AvgIpc) is 1.37. The summed E-state index contributed by atoms with van der Waals surface area (Å²) in [6.45, 7) is 0. The molecule has 4 heteroatoms. The van der Waals surface area contributed by atoms with Crippen LogP contribution in [0.25, 0.3) is 10.4 Å². The van der Waals surface area contributed by atoms with E-state index in [1.165, 1.54) is 0 Å². The molecule has 0 bridgehead atoms. The molecule has 0 aromatic heterocycles. The van der Waals surface area contributed by atoms with E-state index in [0.29, 0.717) is 0 Å². The molecule has 0 rings (SSSR count). The van der Waals surface area contributed by atoms with Gasteiger partial charge in [0.1, 0.15) is 0 Å². The second-order valence-electron chi connectivity index (χ2n) is 0.160. The van der Waals surface area contributed by atoms with Crippen LogP contribution in [-0.2, 0) is 18.5 Å². The summed E-state index contributed by atoms with van der Waals surface area (Å²) in [4.78, 5) is 2.33. The van der Waals surface area contributed by atoms with Gasteiger partial charge in [0.2, 0.25) is 0 Å². The van der Waals surface area contributed by atoms with E-state index in [9.17, 15) is 0 Å². The summed E-state index contributed by atoms with van der Waals surface area (Å²) in [7, 11) is 0. The summed E-state index contributed by atoms with van der Waals surface area (Å²) in [5.74, 6) is 0. The molecule has 0 spiro atoms. The number of azide groups is 1. The van der Waals surface area contributed by atoms with Crippen molar-refractivity contribution in [2.24, 2.45) is 3.86 Å². The van der Waals surface area contributed by atoms with Crippen molar-refractivity contribution >= 4 is 0 Å². The molecule has 0 aliphatic rings. The Kier molecular flexibility index (Phi) is 2.88. The first-order valence-corrected chi connectivity index (χ1v) is 1.34. The van der Waals surface area contributed by atoms with Gasteiger partial charge in [0.25, 0.3) is 0 Å². The first-order valence-electron chi connectivity index (χ1n) is 0.558. The van der Waals surface area contributed by atoms with Crippen LogP contribution in [0, 0.1) is 0 Å². The van der Waals surface area contributed by atoms with Gasteiger partial charge in [-0.05, 0) is 0 Å². The van der Waals surface area contributed by atoms with Crippen molar-refractivity contribution in [3.05, 3.63) is 10.4 Å². The Balaban J connectivity index is 3.11. The zero-order chi connectivity index (χ0) is 3.41. The fourth-order valence-electron chi connectivity index (χ4n) is 0. The minimum absolute atomic E-state index is 1.79. The molecular formula is N3Ru. The number of hydrogen-bond acceptors (Lipinski definition) is 1. The standard InChI is InChI=1S/N3.Ru/c1-3-2;/q-1;+1. The van der Waals surface area contributed by atoms with Crippen LogP contribution in [0.3, 0.4) is 0 Å². The van der Waals surface area contributed by atoms with E-state index < -0.39 is 0 Å². The Bertz CT molecular complexity index is 41.2. The quantitative estimate of drug-likeness (QED) is 0.208. The Morgan fingerprint density at radius 1 is 2.00 bits per heavy atom. The molecule has 0 fully saturated rings. The van der Waals surface area contributed by atoms with Crippen molar-refractivity contribution in [2.45, 2.75) is 0 Å². The topological polar surface area (TPSA) is 48.8 Å². The van der Waals surface area contributed by atoms with Gasteiger partial charge in [-0.15, -0.1) is 0 Å². The van der Waals surface area contributed by atoms with Crippen LogP contribution in [0.2, 0.25) is 0 Å². The predicted molar refractivity (Wildman–Crippen MR) is 9.15 cm³/mol. The molecule has 0 aliphatic carbocycles. The molecule has 0 aromatic rings. The van der Waals surface area contributed by atoms with Crippen molar-refractivity contribution in [1.29, 1.82) is 0 Å². The third kappa shape index (κ3) is 1.93. The molecule has 0 amide bonds. The molecule has 0 aromatic carbocycles. The minimum atomic E-state index is 1.79. The van der Waals surface area contributed by atoms with Crippen molar-refractivity contribution in [1.82, 2.24) is 0 Å². The number of hydrogen-bond donors (Lipinski definition) is 0. The zero-order valence-corrected chi connectivity index (χ0v) is 3.43. The summed E-state index contributed by atoms with van der Waals surface area (Å²) in [6, 6.07) is 0. The van der Waals surface area contributed by atoms with E-state index in [-0.39, 0.29) is 0 Å². The zero-order valence-electron chi connectivity index (χ0n) is 1.70. The predicted octanol–water partition coefficient (Wildman–Crippen LogP) is 0.759. The van der Waals surface area contributed by atoms with Crippen LogP contribution < -0.4 is 0 Å². The molecular weight excluding hydrogens is 143 g/mol. The van der Waals surface area contributed by atoms with Crippen molar-refractivity contribution in [2.75, 3.05) is 0 Å². The van der Waals surface area contributed by atoms with Crippen LogP contribution >= 0.6 is 0 Å². The first-order chi connectivity index (χ1) is 1.91. The van der Waals surface area contributed by atoms with Crippen LogP contribution in [0.5, 0.6) is 0 Å². The van der Waals surface area contributed by atoms with Gasteiger partial charge in [-0.3, -0.25) is 0 Å². The second-order valence-corrected chi connectivity index (χ2v) is 0.508. The molecule has 0 saturated heterocycles. The van der Waals surface area contributed by atoms with Crippen LogP contribution in [0.15, 0.2) is 3.86 Å². The molecule has 0 radical (unpaired) electrons. The molecule has 0 heterocycles. The van der Waals surface area contributed by atoms with Gasteiger partial charge in [0.15, 0.2) is 0 Å². The fraction of sp³-hybridized carbons (Fsp3) is 0. The van der Waals surface area contributed by atoms with Crippen molar-refractivity contribution in [3.63, 3.8) is 0 Å². The summed E-state index contributed by atoms with van der Waals surface area (Å²) in [5, 5.41) is 0. The first kappa shape index (κ1) is 3.93. The third-order valence-electron chi connectivity index (χ3n) is 0.0316. The van der Waals surface area contributed by atoms with Gasteiger partial charge in [-0.1, -0.05) is 0 Å². The molecule has 0 aliphatic heterocycles.